The summed E-state index contributed by atoms with van der Waals surface area (Å²) in [5, 5.41) is 0.907. The van der Waals surface area contributed by atoms with Crippen molar-refractivity contribution in [1.82, 2.24) is 9.80 Å². The van der Waals surface area contributed by atoms with Gasteiger partial charge in [0, 0.05) is 49.2 Å². The van der Waals surface area contributed by atoms with Gasteiger partial charge in [-0.15, -0.1) is 0 Å². The molecule has 0 N–H and O–H groups in total. The lowest BCUT2D eigenvalue weighted by Crippen LogP contribution is -2.69. The van der Waals surface area contributed by atoms with Crippen LogP contribution in [0.3, 0.4) is 0 Å². The summed E-state index contributed by atoms with van der Waals surface area (Å²) >= 11 is 12.4. The first kappa shape index (κ1) is 30.4. The summed E-state index contributed by atoms with van der Waals surface area (Å²) in [6.07, 6.45) is 4.44. The molecule has 2 bridgehead atoms. The van der Waals surface area contributed by atoms with Crippen LogP contribution in [0.5, 0.6) is 17.2 Å². The maximum Gasteiger partial charge on any atom is 0.308 e. The van der Waals surface area contributed by atoms with Gasteiger partial charge in [0.25, 0.3) is 0 Å². The van der Waals surface area contributed by atoms with Crippen LogP contribution in [0.4, 0.5) is 0 Å². The Bertz CT molecular complexity index is 1650. The number of piperidine rings is 1. The Balaban J connectivity index is 1.25. The molecule has 0 aromatic heterocycles. The summed E-state index contributed by atoms with van der Waals surface area (Å²) in [7, 11) is 3.52. The molecule has 2 heterocycles. The molecule has 7 nitrogen and oxygen atoms in total. The second-order valence-electron chi connectivity index (χ2n) is 12.9. The van der Waals surface area contributed by atoms with Crippen LogP contribution in [0.25, 0.3) is 0 Å². The number of benzene rings is 3. The molecule has 3 aromatic carbocycles. The molecule has 236 valence electrons. The Hall–Kier alpha value is -3.26. The third-order valence-corrected chi connectivity index (χ3v) is 11.4. The molecular weight excluding hydrogens is 611 g/mol. The van der Waals surface area contributed by atoms with Crippen LogP contribution in [0.15, 0.2) is 54.6 Å². The molecule has 9 heteroatoms. The van der Waals surface area contributed by atoms with Crippen molar-refractivity contribution < 1.29 is 23.8 Å². The largest absolute Gasteiger partial charge is 0.493 e. The number of carbonyl (C=O) groups is 2. The van der Waals surface area contributed by atoms with Gasteiger partial charge in [-0.2, -0.15) is 0 Å². The van der Waals surface area contributed by atoms with Gasteiger partial charge in [-0.3, -0.25) is 14.5 Å². The first-order chi connectivity index (χ1) is 21.7. The Morgan fingerprint density at radius 3 is 2.58 bits per heavy atom. The summed E-state index contributed by atoms with van der Waals surface area (Å²) < 4.78 is 18.7. The van der Waals surface area contributed by atoms with Crippen LogP contribution >= 0.6 is 23.2 Å². The van der Waals surface area contributed by atoms with Crippen LogP contribution in [0, 0.1) is 5.92 Å². The molecule has 45 heavy (non-hydrogen) atoms. The van der Waals surface area contributed by atoms with Gasteiger partial charge in [-0.25, -0.2) is 0 Å². The van der Waals surface area contributed by atoms with Crippen molar-refractivity contribution in [3.63, 3.8) is 0 Å². The van der Waals surface area contributed by atoms with Gasteiger partial charge < -0.3 is 19.1 Å². The predicted molar refractivity (Wildman–Crippen MR) is 174 cm³/mol. The molecule has 2 fully saturated rings. The molecule has 3 aromatic rings. The molecule has 2 aliphatic heterocycles. The third kappa shape index (κ3) is 5.08. The topological polar surface area (TPSA) is 68.3 Å². The Morgan fingerprint density at radius 1 is 1.04 bits per heavy atom. The van der Waals surface area contributed by atoms with Gasteiger partial charge in [0.1, 0.15) is 11.9 Å². The number of esters is 1. The first-order valence-electron chi connectivity index (χ1n) is 15.8. The lowest BCUT2D eigenvalue weighted by atomic mass is 9.50. The average molecular weight is 650 g/mol. The van der Waals surface area contributed by atoms with Gasteiger partial charge in [0.2, 0.25) is 5.91 Å². The minimum Gasteiger partial charge on any atom is -0.493 e. The van der Waals surface area contributed by atoms with E-state index in [1.54, 1.807) is 19.2 Å². The second kappa shape index (κ2) is 11.8. The molecule has 4 aliphatic rings. The van der Waals surface area contributed by atoms with Crippen molar-refractivity contribution in [1.29, 1.82) is 0 Å². The van der Waals surface area contributed by atoms with Crippen LogP contribution in [0.1, 0.15) is 48.4 Å². The van der Waals surface area contributed by atoms with Crippen LogP contribution < -0.4 is 14.2 Å². The molecule has 5 atom stereocenters. The smallest absolute Gasteiger partial charge is 0.308 e. The lowest BCUT2D eigenvalue weighted by Gasteiger charge is -2.60. The standard InChI is InChI=1S/C36H38Cl2N2O5/c1-21(41)44-30-20-31(43-3)34-33-24(30)19-29-25-10-12-28(39(2)32(42)18-23-9-11-26(37)27(38)17-23)35(45-34)36(25,33)14-16-40(29)15-13-22-7-5-4-6-8-22/h4-9,11,17,20,25,28-29,35H,10,12-16,18-19H2,1-3H3/t25-,28-,29+,35-,36-/m0/s1. The minimum atomic E-state index is -0.358. The number of rotatable bonds is 8. The fraction of sp³-hybridized carbons (Fsp3) is 0.444. The van der Waals surface area contributed by atoms with E-state index in [2.05, 4.69) is 35.2 Å². The Kier molecular flexibility index (Phi) is 7.99. The zero-order chi connectivity index (χ0) is 31.5. The number of hydrogen-bond acceptors (Lipinski definition) is 6. The number of likely N-dealkylation sites (tertiary alicyclic amines) is 1. The number of halogens is 2. The maximum absolute atomic E-state index is 13.8. The molecule has 1 amide bonds. The van der Waals surface area contributed by atoms with Crippen LogP contribution in [0.2, 0.25) is 10.0 Å². The SMILES string of the molecule is COc1cc(OC(C)=O)c2c3c1O[C@H]1[C@@H](N(C)C(=O)Cc4ccc(Cl)c(Cl)c4)CC[C@H]4[C@@H](C2)N(CCc2ccccc2)CC[C@@]341. The summed E-state index contributed by atoms with van der Waals surface area (Å²) in [6, 6.07) is 17.9. The predicted octanol–water partition coefficient (Wildman–Crippen LogP) is 6.28. The highest BCUT2D eigenvalue weighted by molar-refractivity contribution is 6.42. The molecule has 1 spiro atoms. The number of methoxy groups -OCH3 is 1. The highest BCUT2D eigenvalue weighted by Crippen LogP contribution is 2.65. The molecule has 7 rings (SSSR count). The van der Waals surface area contributed by atoms with Crippen molar-refractivity contribution >= 4 is 35.1 Å². The fourth-order valence-electron chi connectivity index (χ4n) is 8.76. The number of hydrogen-bond donors (Lipinski definition) is 0. The number of carbonyl (C=O) groups excluding carboxylic acids is 2. The van der Waals surface area contributed by atoms with Crippen molar-refractivity contribution in [3.8, 4) is 17.2 Å². The Morgan fingerprint density at radius 2 is 1.84 bits per heavy atom. The fourth-order valence-corrected chi connectivity index (χ4v) is 9.08. The van der Waals surface area contributed by atoms with E-state index in [9.17, 15) is 9.59 Å². The van der Waals surface area contributed by atoms with Crippen molar-refractivity contribution in [2.24, 2.45) is 5.92 Å². The zero-order valence-corrected chi connectivity index (χ0v) is 27.4. The minimum absolute atomic E-state index is 0.00763. The summed E-state index contributed by atoms with van der Waals surface area (Å²) in [5.41, 5.74) is 4.00. The van der Waals surface area contributed by atoms with E-state index in [1.165, 1.54) is 12.5 Å². The third-order valence-electron chi connectivity index (χ3n) is 10.7. The number of ether oxygens (including phenoxy) is 3. The van der Waals surface area contributed by atoms with Gasteiger partial charge in [-0.1, -0.05) is 59.6 Å². The van der Waals surface area contributed by atoms with Crippen LogP contribution in [-0.4, -0.2) is 67.1 Å². The van der Waals surface area contributed by atoms with E-state index < -0.39 is 0 Å². The van der Waals surface area contributed by atoms with Gasteiger partial charge >= 0.3 is 5.97 Å². The number of nitrogens with zero attached hydrogens (tertiary/aromatic N) is 2. The van der Waals surface area contributed by atoms with Crippen LogP contribution in [-0.2, 0) is 34.3 Å². The van der Waals surface area contributed by atoms with E-state index >= 15 is 0 Å². The second-order valence-corrected chi connectivity index (χ2v) is 13.7. The first-order valence-corrected chi connectivity index (χ1v) is 16.5. The lowest BCUT2D eigenvalue weighted by molar-refractivity contribution is -0.139. The average Bonchev–Trinajstić information content (AvgIpc) is 3.37. The monoisotopic (exact) mass is 648 g/mol. The normalized spacial score (nSPS) is 26.1. The van der Waals surface area contributed by atoms with Gasteiger partial charge in [0.15, 0.2) is 11.5 Å². The van der Waals surface area contributed by atoms with Gasteiger partial charge in [-0.05, 0) is 67.8 Å². The number of likely N-dealkylation sites (N-methyl/N-ethyl adjacent to an activating group) is 1. The van der Waals surface area contributed by atoms with E-state index in [1.807, 2.05) is 24.1 Å². The van der Waals surface area contributed by atoms with Crippen molar-refractivity contribution in [2.75, 3.05) is 27.2 Å². The molecule has 1 saturated heterocycles. The molecular formula is C36H38Cl2N2O5. The summed E-state index contributed by atoms with van der Waals surface area (Å²) in [5.74, 6) is 1.86. The van der Waals surface area contributed by atoms with E-state index in [0.717, 1.165) is 67.6 Å². The van der Waals surface area contributed by atoms with Crippen molar-refractivity contribution in [3.05, 3.63) is 86.9 Å². The van der Waals surface area contributed by atoms with Crippen molar-refractivity contribution in [2.45, 2.75) is 69.1 Å². The zero-order valence-electron chi connectivity index (χ0n) is 25.9. The summed E-state index contributed by atoms with van der Waals surface area (Å²) in [4.78, 5) is 30.6. The number of amides is 1. The highest BCUT2D eigenvalue weighted by atomic mass is 35.5. The van der Waals surface area contributed by atoms with Gasteiger partial charge in [0.05, 0.1) is 29.6 Å². The Labute approximate surface area is 274 Å². The highest BCUT2D eigenvalue weighted by Gasteiger charge is 2.67. The van der Waals surface area contributed by atoms with E-state index in [4.69, 9.17) is 37.4 Å². The summed E-state index contributed by atoms with van der Waals surface area (Å²) in [6.45, 7) is 3.33. The maximum atomic E-state index is 13.8. The molecule has 2 aliphatic carbocycles. The molecule has 0 unspecified atom stereocenters. The van der Waals surface area contributed by atoms with E-state index in [-0.39, 0.29) is 41.9 Å². The molecule has 1 saturated carbocycles. The molecule has 0 radical (unpaired) electrons. The van der Waals surface area contributed by atoms with E-state index in [0.29, 0.717) is 27.5 Å². The quantitative estimate of drug-likeness (QED) is 0.212.